The molecule has 1 unspecified atom stereocenters. The minimum Gasteiger partial charge on any atom is -0.467 e. The Kier molecular flexibility index (Phi) is 3.17. The fourth-order valence-corrected chi connectivity index (χ4v) is 2.50. The zero-order chi connectivity index (χ0) is 12.4. The molecule has 3 heteroatoms. The van der Waals surface area contributed by atoms with Crippen LogP contribution in [0.2, 0.25) is 0 Å². The summed E-state index contributed by atoms with van der Waals surface area (Å²) in [4.78, 5) is 0. The van der Waals surface area contributed by atoms with Gasteiger partial charge < -0.3 is 4.42 Å². The van der Waals surface area contributed by atoms with Crippen molar-refractivity contribution in [3.05, 3.63) is 59.5 Å². The molecular formula is C15H18N2O. The average molecular weight is 242 g/mol. The van der Waals surface area contributed by atoms with E-state index in [9.17, 15) is 0 Å². The Bertz CT molecular complexity index is 486. The lowest BCUT2D eigenvalue weighted by Crippen LogP contribution is -2.28. The van der Waals surface area contributed by atoms with Gasteiger partial charge in [-0.3, -0.25) is 5.84 Å². The Balaban J connectivity index is 1.82. The van der Waals surface area contributed by atoms with Crippen molar-refractivity contribution in [2.24, 2.45) is 5.84 Å². The highest BCUT2D eigenvalue weighted by molar-refractivity contribution is 5.31. The van der Waals surface area contributed by atoms with Gasteiger partial charge in [-0.2, -0.15) is 0 Å². The van der Waals surface area contributed by atoms with Crippen LogP contribution in [0, 0.1) is 0 Å². The van der Waals surface area contributed by atoms with Crippen LogP contribution in [0.5, 0.6) is 0 Å². The van der Waals surface area contributed by atoms with Gasteiger partial charge in [0, 0.05) is 0 Å². The minimum absolute atomic E-state index is 0.0737. The van der Waals surface area contributed by atoms with E-state index in [2.05, 4.69) is 29.7 Å². The number of hydrazine groups is 1. The minimum atomic E-state index is -0.0737. The molecule has 0 bridgehead atoms. The van der Waals surface area contributed by atoms with E-state index in [4.69, 9.17) is 10.3 Å². The Hall–Kier alpha value is -1.58. The van der Waals surface area contributed by atoms with E-state index in [0.717, 1.165) is 17.2 Å². The van der Waals surface area contributed by atoms with Gasteiger partial charge in [0.2, 0.25) is 0 Å². The monoisotopic (exact) mass is 242 g/mol. The van der Waals surface area contributed by atoms with Crippen LogP contribution in [0.15, 0.2) is 47.1 Å². The van der Waals surface area contributed by atoms with Crippen LogP contribution in [0.25, 0.3) is 0 Å². The van der Waals surface area contributed by atoms with Crippen LogP contribution in [-0.4, -0.2) is 0 Å². The maximum Gasteiger partial charge on any atom is 0.126 e. The SMILES string of the molecule is NNC(c1ccc(C2CCC2)cc1)c1ccco1. The van der Waals surface area contributed by atoms with Gasteiger partial charge in [-0.25, -0.2) is 5.43 Å². The number of rotatable bonds is 4. The van der Waals surface area contributed by atoms with E-state index in [1.54, 1.807) is 6.26 Å². The van der Waals surface area contributed by atoms with Crippen LogP contribution in [0.3, 0.4) is 0 Å². The predicted molar refractivity (Wildman–Crippen MR) is 70.9 cm³/mol. The van der Waals surface area contributed by atoms with Crippen molar-refractivity contribution in [1.82, 2.24) is 5.43 Å². The quantitative estimate of drug-likeness (QED) is 0.640. The number of furan rings is 1. The van der Waals surface area contributed by atoms with Crippen molar-refractivity contribution >= 4 is 0 Å². The normalized spacial score (nSPS) is 17.4. The first kappa shape index (κ1) is 11.5. The van der Waals surface area contributed by atoms with Gasteiger partial charge in [-0.1, -0.05) is 30.7 Å². The number of nitrogens with one attached hydrogen (secondary N) is 1. The Morgan fingerprint density at radius 3 is 2.44 bits per heavy atom. The van der Waals surface area contributed by atoms with E-state index < -0.39 is 0 Å². The molecule has 1 atom stereocenters. The summed E-state index contributed by atoms with van der Waals surface area (Å²) in [7, 11) is 0. The fraction of sp³-hybridized carbons (Fsp3) is 0.333. The fourth-order valence-electron chi connectivity index (χ4n) is 2.50. The number of nitrogens with two attached hydrogens (primary N) is 1. The van der Waals surface area contributed by atoms with Crippen molar-refractivity contribution < 1.29 is 4.42 Å². The molecule has 2 aromatic rings. The first-order valence-corrected chi connectivity index (χ1v) is 6.48. The second kappa shape index (κ2) is 4.96. The molecule has 0 saturated heterocycles. The summed E-state index contributed by atoms with van der Waals surface area (Å²) in [6, 6.07) is 12.4. The van der Waals surface area contributed by atoms with Crippen LogP contribution < -0.4 is 11.3 Å². The lowest BCUT2D eigenvalue weighted by molar-refractivity contribution is 0.419. The van der Waals surface area contributed by atoms with E-state index in [0.29, 0.717) is 0 Å². The van der Waals surface area contributed by atoms with Gasteiger partial charge in [0.05, 0.1) is 6.26 Å². The Labute approximate surface area is 107 Å². The summed E-state index contributed by atoms with van der Waals surface area (Å²) in [5, 5.41) is 0. The topological polar surface area (TPSA) is 51.2 Å². The van der Waals surface area contributed by atoms with Gasteiger partial charge >= 0.3 is 0 Å². The van der Waals surface area contributed by atoms with E-state index >= 15 is 0 Å². The molecule has 94 valence electrons. The molecule has 3 N–H and O–H groups in total. The lowest BCUT2D eigenvalue weighted by atomic mass is 9.80. The van der Waals surface area contributed by atoms with Gasteiger partial charge in [0.15, 0.2) is 0 Å². The molecule has 1 fully saturated rings. The third-order valence-electron chi connectivity index (χ3n) is 3.84. The van der Waals surface area contributed by atoms with Crippen molar-refractivity contribution in [2.75, 3.05) is 0 Å². The largest absolute Gasteiger partial charge is 0.467 e. The molecule has 3 nitrogen and oxygen atoms in total. The van der Waals surface area contributed by atoms with Crippen LogP contribution in [0.4, 0.5) is 0 Å². The Morgan fingerprint density at radius 1 is 1.17 bits per heavy atom. The van der Waals surface area contributed by atoms with Crippen LogP contribution >= 0.6 is 0 Å². The van der Waals surface area contributed by atoms with Crippen molar-refractivity contribution in [2.45, 2.75) is 31.2 Å². The zero-order valence-corrected chi connectivity index (χ0v) is 10.3. The molecule has 0 radical (unpaired) electrons. The van der Waals surface area contributed by atoms with E-state index in [1.165, 1.54) is 24.8 Å². The summed E-state index contributed by atoms with van der Waals surface area (Å²) >= 11 is 0. The molecular weight excluding hydrogens is 224 g/mol. The standard InChI is InChI=1S/C15H18N2O/c16-17-15(14-5-2-10-18-14)13-8-6-12(7-9-13)11-3-1-4-11/h2,5-11,15,17H,1,3-4,16H2. The summed E-state index contributed by atoms with van der Waals surface area (Å²) in [6.45, 7) is 0. The number of hydrogen-bond donors (Lipinski definition) is 2. The maximum atomic E-state index is 5.62. The molecule has 18 heavy (non-hydrogen) atoms. The molecule has 1 aromatic heterocycles. The molecule has 3 rings (SSSR count). The molecule has 1 aromatic carbocycles. The van der Waals surface area contributed by atoms with Crippen molar-refractivity contribution in [3.8, 4) is 0 Å². The molecule has 0 spiro atoms. The summed E-state index contributed by atoms with van der Waals surface area (Å²) in [5.74, 6) is 7.23. The highest BCUT2D eigenvalue weighted by Gasteiger charge is 2.20. The van der Waals surface area contributed by atoms with Crippen LogP contribution in [-0.2, 0) is 0 Å². The highest BCUT2D eigenvalue weighted by Crippen LogP contribution is 2.36. The second-order valence-corrected chi connectivity index (χ2v) is 4.91. The van der Waals surface area contributed by atoms with Gasteiger partial charge in [0.1, 0.15) is 11.8 Å². The van der Waals surface area contributed by atoms with E-state index in [-0.39, 0.29) is 6.04 Å². The molecule has 1 saturated carbocycles. The third kappa shape index (κ3) is 2.07. The first-order chi connectivity index (χ1) is 8.88. The highest BCUT2D eigenvalue weighted by atomic mass is 16.3. The molecule has 1 aliphatic carbocycles. The van der Waals surface area contributed by atoms with Crippen molar-refractivity contribution in [3.63, 3.8) is 0 Å². The maximum absolute atomic E-state index is 5.62. The summed E-state index contributed by atoms with van der Waals surface area (Å²) in [5.41, 5.74) is 5.38. The zero-order valence-electron chi connectivity index (χ0n) is 10.3. The molecule has 1 aliphatic rings. The van der Waals surface area contributed by atoms with E-state index in [1.807, 2.05) is 12.1 Å². The molecule has 0 amide bonds. The third-order valence-corrected chi connectivity index (χ3v) is 3.84. The molecule has 1 heterocycles. The summed E-state index contributed by atoms with van der Waals surface area (Å²) < 4.78 is 5.41. The lowest BCUT2D eigenvalue weighted by Gasteiger charge is -2.26. The van der Waals surface area contributed by atoms with Crippen LogP contribution in [0.1, 0.15) is 48.1 Å². The van der Waals surface area contributed by atoms with Gasteiger partial charge in [-0.05, 0) is 42.0 Å². The van der Waals surface area contributed by atoms with Gasteiger partial charge in [-0.15, -0.1) is 0 Å². The smallest absolute Gasteiger partial charge is 0.126 e. The number of hydrogen-bond acceptors (Lipinski definition) is 3. The number of benzene rings is 1. The average Bonchev–Trinajstić information content (AvgIpc) is 2.84. The Morgan fingerprint density at radius 2 is 1.94 bits per heavy atom. The summed E-state index contributed by atoms with van der Waals surface area (Å²) in [6.07, 6.45) is 5.69. The van der Waals surface area contributed by atoms with Gasteiger partial charge in [0.25, 0.3) is 0 Å². The second-order valence-electron chi connectivity index (χ2n) is 4.91. The molecule has 0 aliphatic heterocycles. The van der Waals surface area contributed by atoms with Crippen molar-refractivity contribution in [1.29, 1.82) is 0 Å². The predicted octanol–water partition coefficient (Wildman–Crippen LogP) is 3.10. The first-order valence-electron chi connectivity index (χ1n) is 6.48.